The SMILES string of the molecule is Cc1ccc(C(=O)NC2CC2)cc1-n1cnc(C(=O)c2cccc(-c3cnccn3)c2)c1N.Cc1ccc(C(=O)NC2CC2)cc1-n1cnc(C(=O)c2cccc(-c3cncnc3)c2)c1N. The monoisotopic (exact) mass is 876 g/mol. The normalized spacial score (nSPS) is 13.0. The van der Waals surface area contributed by atoms with Gasteiger partial charge < -0.3 is 22.1 Å². The van der Waals surface area contributed by atoms with Gasteiger partial charge in [-0.3, -0.25) is 38.3 Å². The van der Waals surface area contributed by atoms with E-state index >= 15 is 0 Å². The summed E-state index contributed by atoms with van der Waals surface area (Å²) in [5.41, 5.74) is 21.3. The summed E-state index contributed by atoms with van der Waals surface area (Å²) in [5.74, 6) is -0.378. The number of ketones is 2. The maximum Gasteiger partial charge on any atom is 0.251 e. The molecule has 8 aromatic rings. The first kappa shape index (κ1) is 42.6. The summed E-state index contributed by atoms with van der Waals surface area (Å²) in [6, 6.07) is 25.7. The number of hydrogen-bond donors (Lipinski definition) is 4. The number of carbonyl (C=O) groups is 4. The van der Waals surface area contributed by atoms with Gasteiger partial charge in [-0.15, -0.1) is 0 Å². The van der Waals surface area contributed by atoms with Gasteiger partial charge in [-0.05, 0) is 92.6 Å². The number of aromatic nitrogens is 8. The maximum atomic E-state index is 13.2. The lowest BCUT2D eigenvalue weighted by atomic mass is 10.0. The zero-order valence-corrected chi connectivity index (χ0v) is 36.1. The fraction of sp³-hybridized carbons (Fsp3) is 0.160. The van der Waals surface area contributed by atoms with E-state index in [4.69, 9.17) is 11.5 Å². The Balaban J connectivity index is 0.000000166. The zero-order chi connectivity index (χ0) is 45.9. The van der Waals surface area contributed by atoms with Crippen LogP contribution in [-0.4, -0.2) is 74.5 Å². The largest absolute Gasteiger partial charge is 0.383 e. The molecule has 0 spiro atoms. The second kappa shape index (κ2) is 18.2. The molecule has 0 saturated heterocycles. The fourth-order valence-corrected chi connectivity index (χ4v) is 7.29. The first-order valence-electron chi connectivity index (χ1n) is 21.3. The van der Waals surface area contributed by atoms with E-state index in [0.29, 0.717) is 39.3 Å². The van der Waals surface area contributed by atoms with Crippen LogP contribution in [0.3, 0.4) is 0 Å². The number of nitrogens with zero attached hydrogens (tertiary/aromatic N) is 8. The van der Waals surface area contributed by atoms with Gasteiger partial charge in [0.1, 0.15) is 30.6 Å². The van der Waals surface area contributed by atoms with Crippen LogP contribution in [0.25, 0.3) is 33.8 Å². The number of nitrogen functional groups attached to an aromatic ring is 2. The van der Waals surface area contributed by atoms with Gasteiger partial charge in [0.25, 0.3) is 11.8 Å². The predicted octanol–water partition coefficient (Wildman–Crippen LogP) is 6.69. The topological polar surface area (TPSA) is 232 Å². The van der Waals surface area contributed by atoms with Crippen LogP contribution in [0.15, 0.2) is 135 Å². The highest BCUT2D eigenvalue weighted by Crippen LogP contribution is 2.28. The van der Waals surface area contributed by atoms with E-state index in [1.165, 1.54) is 19.0 Å². The molecular weight excluding hydrogens is 833 g/mol. The molecule has 66 heavy (non-hydrogen) atoms. The molecule has 2 aliphatic rings. The van der Waals surface area contributed by atoms with Crippen molar-refractivity contribution in [2.45, 2.75) is 51.6 Å². The molecule has 0 radical (unpaired) electrons. The van der Waals surface area contributed by atoms with Crippen molar-refractivity contribution in [1.82, 2.24) is 49.7 Å². The molecule has 4 aromatic carbocycles. The van der Waals surface area contributed by atoms with Crippen molar-refractivity contribution < 1.29 is 19.2 Å². The Labute approximate surface area is 379 Å². The second-order valence-electron chi connectivity index (χ2n) is 16.2. The Morgan fingerprint density at radius 1 is 0.545 bits per heavy atom. The minimum Gasteiger partial charge on any atom is -0.383 e. The Morgan fingerprint density at radius 3 is 1.53 bits per heavy atom. The molecule has 0 bridgehead atoms. The van der Waals surface area contributed by atoms with Crippen molar-refractivity contribution in [1.29, 1.82) is 0 Å². The summed E-state index contributed by atoms with van der Waals surface area (Å²) in [4.78, 5) is 76.5. The van der Waals surface area contributed by atoms with E-state index in [-0.39, 0.29) is 58.5 Å². The molecule has 0 atom stereocenters. The summed E-state index contributed by atoms with van der Waals surface area (Å²) in [6.07, 6.45) is 16.8. The van der Waals surface area contributed by atoms with Gasteiger partial charge in [-0.2, -0.15) is 0 Å². The van der Waals surface area contributed by atoms with Gasteiger partial charge in [0.15, 0.2) is 11.4 Å². The number of hydrogen-bond acceptors (Lipinski definition) is 12. The van der Waals surface area contributed by atoms with Crippen LogP contribution in [0, 0.1) is 13.8 Å². The summed E-state index contributed by atoms with van der Waals surface area (Å²) in [6.45, 7) is 3.84. The zero-order valence-electron chi connectivity index (χ0n) is 36.1. The molecule has 16 nitrogen and oxygen atoms in total. The Kier molecular flexibility index (Phi) is 11.8. The Morgan fingerprint density at radius 2 is 1.05 bits per heavy atom. The van der Waals surface area contributed by atoms with Gasteiger partial charge in [-0.1, -0.05) is 48.5 Å². The number of rotatable bonds is 12. The van der Waals surface area contributed by atoms with Crippen LogP contribution in [0.4, 0.5) is 11.6 Å². The minimum absolute atomic E-state index is 0.115. The van der Waals surface area contributed by atoms with Crippen LogP contribution in [0.5, 0.6) is 0 Å². The third-order valence-corrected chi connectivity index (χ3v) is 11.3. The van der Waals surface area contributed by atoms with Gasteiger partial charge >= 0.3 is 0 Å². The first-order chi connectivity index (χ1) is 32.0. The van der Waals surface area contributed by atoms with Crippen molar-refractivity contribution in [3.05, 3.63) is 180 Å². The standard InChI is InChI=1S/2C25H22N6O2/c1-15-5-6-18(25(33)30-20-7-8-20)10-21(15)31-14-29-22(24(31)26)23(32)17-4-2-3-16(9-17)19-11-27-13-28-12-19;1-15-5-6-18(25(33)30-19-7-8-19)12-21(15)31-14-29-22(24(31)26)23(32)17-4-2-3-16(11-17)20-13-27-9-10-28-20/h2-6,9-14,20H,7-8,26H2,1H3,(H,30,33);2-6,9-14,19H,7-8,26H2,1H3,(H,30,33). The highest BCUT2D eigenvalue weighted by Gasteiger charge is 2.26. The molecule has 4 heterocycles. The molecule has 16 heteroatoms. The number of benzene rings is 4. The van der Waals surface area contributed by atoms with Crippen LogP contribution in [0.2, 0.25) is 0 Å². The van der Waals surface area contributed by atoms with Gasteiger partial charge in [0.05, 0.1) is 23.3 Å². The summed E-state index contributed by atoms with van der Waals surface area (Å²) >= 11 is 0. The molecule has 4 aromatic heterocycles. The van der Waals surface area contributed by atoms with E-state index < -0.39 is 0 Å². The lowest BCUT2D eigenvalue weighted by Gasteiger charge is -2.12. The number of nitrogens with one attached hydrogen (secondary N) is 2. The minimum atomic E-state index is -0.294. The number of carbonyl (C=O) groups excluding carboxylic acids is 4. The van der Waals surface area contributed by atoms with Crippen LogP contribution >= 0.6 is 0 Å². The third-order valence-electron chi connectivity index (χ3n) is 11.3. The van der Waals surface area contributed by atoms with E-state index in [2.05, 4.69) is 40.5 Å². The van der Waals surface area contributed by atoms with Crippen molar-refractivity contribution in [3.63, 3.8) is 0 Å². The molecule has 6 N–H and O–H groups in total. The summed E-state index contributed by atoms with van der Waals surface area (Å²) in [5, 5.41) is 5.98. The molecule has 328 valence electrons. The molecule has 2 amide bonds. The van der Waals surface area contributed by atoms with Gasteiger partial charge in [0.2, 0.25) is 11.6 Å². The third kappa shape index (κ3) is 9.19. The van der Waals surface area contributed by atoms with Crippen molar-refractivity contribution in [3.8, 4) is 33.8 Å². The van der Waals surface area contributed by atoms with Crippen molar-refractivity contribution in [2.24, 2.45) is 0 Å². The highest BCUT2D eigenvalue weighted by atomic mass is 16.2. The molecule has 2 fully saturated rings. The lowest BCUT2D eigenvalue weighted by Crippen LogP contribution is -2.25. The average molecular weight is 877 g/mol. The molecule has 2 aliphatic carbocycles. The number of anilines is 2. The van der Waals surface area contributed by atoms with Gasteiger partial charge in [0, 0.05) is 70.3 Å². The van der Waals surface area contributed by atoms with E-state index in [1.807, 2.05) is 38.1 Å². The summed E-state index contributed by atoms with van der Waals surface area (Å²) < 4.78 is 3.29. The number of aryl methyl sites for hydroxylation is 2. The molecule has 0 aliphatic heterocycles. The van der Waals surface area contributed by atoms with Crippen LogP contribution < -0.4 is 22.1 Å². The van der Waals surface area contributed by atoms with E-state index in [0.717, 1.165) is 53.5 Å². The van der Waals surface area contributed by atoms with Gasteiger partial charge in [-0.25, -0.2) is 19.9 Å². The maximum absolute atomic E-state index is 13.2. The number of amides is 2. The predicted molar refractivity (Wildman–Crippen MR) is 248 cm³/mol. The molecule has 10 rings (SSSR count). The van der Waals surface area contributed by atoms with E-state index in [1.54, 1.807) is 101 Å². The smallest absolute Gasteiger partial charge is 0.251 e. The lowest BCUT2D eigenvalue weighted by molar-refractivity contribution is 0.0942. The highest BCUT2D eigenvalue weighted by molar-refractivity contribution is 6.12. The number of nitrogens with two attached hydrogens (primary N) is 2. The summed E-state index contributed by atoms with van der Waals surface area (Å²) in [7, 11) is 0. The number of imidazole rings is 2. The molecular formula is C50H44N12O4. The Hall–Kier alpha value is -8.66. The second-order valence-corrected chi connectivity index (χ2v) is 16.2. The van der Waals surface area contributed by atoms with E-state index in [9.17, 15) is 19.2 Å². The van der Waals surface area contributed by atoms with Crippen LogP contribution in [-0.2, 0) is 0 Å². The quantitative estimate of drug-likeness (QED) is 0.0941. The van der Waals surface area contributed by atoms with Crippen molar-refractivity contribution >= 4 is 35.0 Å². The fourth-order valence-electron chi connectivity index (χ4n) is 7.29. The van der Waals surface area contributed by atoms with Crippen molar-refractivity contribution in [2.75, 3.05) is 11.5 Å². The van der Waals surface area contributed by atoms with Crippen LogP contribution in [0.1, 0.15) is 89.6 Å². The molecule has 0 unspecified atom stereocenters. The molecule has 2 saturated carbocycles. The Bertz CT molecular complexity index is 2930. The average Bonchev–Trinajstić information content (AvgIpc) is 4.28. The first-order valence-corrected chi connectivity index (χ1v) is 21.3.